The highest BCUT2D eigenvalue weighted by Crippen LogP contribution is 2.15. The summed E-state index contributed by atoms with van der Waals surface area (Å²) in [6.07, 6.45) is 0.971. The molecule has 1 aromatic rings. The van der Waals surface area contributed by atoms with Crippen LogP contribution in [0, 0.1) is 0 Å². The first-order chi connectivity index (χ1) is 7.94. The first kappa shape index (κ1) is 14.0. The van der Waals surface area contributed by atoms with Gasteiger partial charge in [0.15, 0.2) is 0 Å². The van der Waals surface area contributed by atoms with Crippen LogP contribution >= 0.6 is 0 Å². The van der Waals surface area contributed by atoms with Crippen LogP contribution in [0.3, 0.4) is 0 Å². The van der Waals surface area contributed by atoms with Crippen molar-refractivity contribution >= 4 is 5.82 Å². The minimum absolute atomic E-state index is 0.0504. The van der Waals surface area contributed by atoms with Crippen molar-refractivity contribution in [3.05, 3.63) is 23.4 Å². The summed E-state index contributed by atoms with van der Waals surface area (Å²) >= 11 is 0. The van der Waals surface area contributed by atoms with E-state index in [4.69, 9.17) is 0 Å². The predicted octanol–water partition coefficient (Wildman–Crippen LogP) is 2.96. The van der Waals surface area contributed by atoms with Gasteiger partial charge in [0.05, 0.1) is 0 Å². The fraction of sp³-hybridized carbons (Fsp3) is 0.643. The molecule has 0 radical (unpaired) electrons. The van der Waals surface area contributed by atoms with E-state index in [9.17, 15) is 0 Å². The molecule has 3 nitrogen and oxygen atoms in total. The van der Waals surface area contributed by atoms with Gasteiger partial charge in [-0.05, 0) is 51.4 Å². The summed E-state index contributed by atoms with van der Waals surface area (Å²) in [6.45, 7) is 12.6. The molecule has 0 spiro atoms. The van der Waals surface area contributed by atoms with Crippen molar-refractivity contribution in [3.63, 3.8) is 0 Å². The number of nitrogens with one attached hydrogen (secondary N) is 2. The van der Waals surface area contributed by atoms with Crippen LogP contribution in [0.2, 0.25) is 0 Å². The van der Waals surface area contributed by atoms with Gasteiger partial charge in [-0.25, -0.2) is 4.98 Å². The van der Waals surface area contributed by atoms with E-state index in [1.54, 1.807) is 0 Å². The Bertz CT molecular complexity index is 353. The van der Waals surface area contributed by atoms with Crippen molar-refractivity contribution in [2.75, 3.05) is 11.9 Å². The smallest absolute Gasteiger partial charge is 0.126 e. The Morgan fingerprint density at radius 1 is 1.18 bits per heavy atom. The minimum atomic E-state index is 0.0504. The van der Waals surface area contributed by atoms with Crippen LogP contribution in [0.4, 0.5) is 5.82 Å². The van der Waals surface area contributed by atoms with Crippen LogP contribution in [-0.4, -0.2) is 17.1 Å². The Morgan fingerprint density at radius 2 is 1.88 bits per heavy atom. The second-order valence-corrected chi connectivity index (χ2v) is 5.36. The molecule has 0 aromatic carbocycles. The molecule has 0 saturated carbocycles. The predicted molar refractivity (Wildman–Crippen MR) is 74.4 cm³/mol. The highest BCUT2D eigenvalue weighted by atomic mass is 15.0. The second-order valence-electron chi connectivity index (χ2n) is 5.36. The number of aromatic nitrogens is 1. The normalized spacial score (nSPS) is 11.6. The molecular formula is C14H25N3. The molecule has 1 heterocycles. The molecular weight excluding hydrogens is 210 g/mol. The van der Waals surface area contributed by atoms with Gasteiger partial charge in [0, 0.05) is 17.8 Å². The number of pyridine rings is 1. The fourth-order valence-corrected chi connectivity index (χ4v) is 1.65. The van der Waals surface area contributed by atoms with E-state index in [0.29, 0.717) is 0 Å². The average molecular weight is 235 g/mol. The molecule has 0 fully saturated rings. The van der Waals surface area contributed by atoms with Crippen LogP contribution in [0.25, 0.3) is 0 Å². The molecule has 1 aromatic heterocycles. The molecule has 0 atom stereocenters. The Balaban J connectivity index is 2.88. The molecule has 2 N–H and O–H groups in total. The van der Waals surface area contributed by atoms with Crippen LogP contribution in [-0.2, 0) is 13.0 Å². The number of hydrogen-bond acceptors (Lipinski definition) is 3. The Hall–Kier alpha value is -1.09. The van der Waals surface area contributed by atoms with E-state index < -0.39 is 0 Å². The largest absolute Gasteiger partial charge is 0.365 e. The maximum Gasteiger partial charge on any atom is 0.126 e. The average Bonchev–Trinajstić information content (AvgIpc) is 2.23. The van der Waals surface area contributed by atoms with E-state index in [0.717, 1.165) is 31.0 Å². The molecule has 3 heteroatoms. The molecule has 17 heavy (non-hydrogen) atoms. The molecule has 0 aliphatic rings. The zero-order valence-electron chi connectivity index (χ0n) is 11.7. The minimum Gasteiger partial charge on any atom is -0.365 e. The third-order valence-electron chi connectivity index (χ3n) is 2.38. The number of rotatable bonds is 5. The van der Waals surface area contributed by atoms with E-state index in [2.05, 4.69) is 62.4 Å². The van der Waals surface area contributed by atoms with E-state index in [1.807, 2.05) is 0 Å². The van der Waals surface area contributed by atoms with Crippen LogP contribution in [0.15, 0.2) is 12.1 Å². The SMILES string of the molecule is CCNCc1cc(CC)nc(NC(C)(C)C)c1. The molecule has 0 unspecified atom stereocenters. The van der Waals surface area contributed by atoms with Gasteiger partial charge in [0.25, 0.3) is 0 Å². The fourth-order valence-electron chi connectivity index (χ4n) is 1.65. The van der Waals surface area contributed by atoms with Crippen LogP contribution < -0.4 is 10.6 Å². The summed E-state index contributed by atoms with van der Waals surface area (Å²) in [4.78, 5) is 4.61. The third-order valence-corrected chi connectivity index (χ3v) is 2.38. The van der Waals surface area contributed by atoms with Gasteiger partial charge in [0.2, 0.25) is 0 Å². The molecule has 1 rings (SSSR count). The maximum atomic E-state index is 4.61. The summed E-state index contributed by atoms with van der Waals surface area (Å²) in [6, 6.07) is 4.31. The lowest BCUT2D eigenvalue weighted by molar-refractivity contribution is 0.629. The number of anilines is 1. The summed E-state index contributed by atoms with van der Waals surface area (Å²) in [5.74, 6) is 0.977. The van der Waals surface area contributed by atoms with Gasteiger partial charge in [-0.1, -0.05) is 13.8 Å². The molecule has 0 amide bonds. The summed E-state index contributed by atoms with van der Waals surface area (Å²) in [5, 5.41) is 6.78. The zero-order valence-corrected chi connectivity index (χ0v) is 11.7. The standard InChI is InChI=1S/C14H25N3/c1-6-12-8-11(10-15-7-2)9-13(16-12)17-14(3,4)5/h8-9,15H,6-7,10H2,1-5H3,(H,16,17). The van der Waals surface area contributed by atoms with Gasteiger partial charge < -0.3 is 10.6 Å². The molecule has 0 bridgehead atoms. The van der Waals surface area contributed by atoms with Crippen LogP contribution in [0.1, 0.15) is 45.9 Å². The quantitative estimate of drug-likeness (QED) is 0.824. The number of hydrogen-bond donors (Lipinski definition) is 2. The van der Waals surface area contributed by atoms with Gasteiger partial charge >= 0.3 is 0 Å². The van der Waals surface area contributed by atoms with E-state index >= 15 is 0 Å². The topological polar surface area (TPSA) is 37.0 Å². The van der Waals surface area contributed by atoms with E-state index in [-0.39, 0.29) is 5.54 Å². The van der Waals surface area contributed by atoms with Gasteiger partial charge in [-0.2, -0.15) is 0 Å². The molecule has 0 saturated heterocycles. The monoisotopic (exact) mass is 235 g/mol. The Morgan fingerprint density at radius 3 is 2.41 bits per heavy atom. The number of aryl methyl sites for hydroxylation is 1. The summed E-state index contributed by atoms with van der Waals surface area (Å²) < 4.78 is 0. The van der Waals surface area contributed by atoms with Crippen molar-refractivity contribution < 1.29 is 0 Å². The number of nitrogens with zero attached hydrogens (tertiary/aromatic N) is 1. The summed E-state index contributed by atoms with van der Waals surface area (Å²) in [7, 11) is 0. The van der Waals surface area contributed by atoms with E-state index in [1.165, 1.54) is 5.56 Å². The van der Waals surface area contributed by atoms with Gasteiger partial charge in [-0.15, -0.1) is 0 Å². The summed E-state index contributed by atoms with van der Waals surface area (Å²) in [5.41, 5.74) is 2.49. The van der Waals surface area contributed by atoms with Crippen molar-refractivity contribution in [2.45, 2.75) is 53.1 Å². The highest BCUT2D eigenvalue weighted by molar-refractivity contribution is 5.41. The van der Waals surface area contributed by atoms with Gasteiger partial charge in [-0.3, -0.25) is 0 Å². The maximum absolute atomic E-state index is 4.61. The lowest BCUT2D eigenvalue weighted by atomic mass is 10.1. The zero-order chi connectivity index (χ0) is 12.9. The lowest BCUT2D eigenvalue weighted by Crippen LogP contribution is -2.27. The highest BCUT2D eigenvalue weighted by Gasteiger charge is 2.11. The lowest BCUT2D eigenvalue weighted by Gasteiger charge is -2.22. The first-order valence-corrected chi connectivity index (χ1v) is 6.43. The van der Waals surface area contributed by atoms with Crippen molar-refractivity contribution in [1.82, 2.24) is 10.3 Å². The molecule has 0 aliphatic heterocycles. The Labute approximate surface area is 105 Å². The Kier molecular flexibility index (Phi) is 4.94. The van der Waals surface area contributed by atoms with Crippen molar-refractivity contribution in [2.24, 2.45) is 0 Å². The van der Waals surface area contributed by atoms with Crippen molar-refractivity contribution in [3.8, 4) is 0 Å². The van der Waals surface area contributed by atoms with Crippen LogP contribution in [0.5, 0.6) is 0 Å². The van der Waals surface area contributed by atoms with Gasteiger partial charge in [0.1, 0.15) is 5.82 Å². The second kappa shape index (κ2) is 6.01. The third kappa shape index (κ3) is 5.18. The first-order valence-electron chi connectivity index (χ1n) is 6.43. The van der Waals surface area contributed by atoms with Crippen molar-refractivity contribution in [1.29, 1.82) is 0 Å². The molecule has 0 aliphatic carbocycles. The molecule has 96 valence electrons.